The second-order valence-electron chi connectivity index (χ2n) is 3.91. The van der Waals surface area contributed by atoms with E-state index in [4.69, 9.17) is 11.6 Å². The summed E-state index contributed by atoms with van der Waals surface area (Å²) in [5.41, 5.74) is -1.65. The van der Waals surface area contributed by atoms with E-state index in [-0.39, 0.29) is 0 Å². The number of carbonyl (C=O) groups excluding carboxylic acids is 1. The molecular weight excluding hydrogens is 315 g/mol. The number of pyridine rings is 1. The van der Waals surface area contributed by atoms with Gasteiger partial charge >= 0.3 is 6.18 Å². The first kappa shape index (κ1) is 14.8. The molecular formula is C12H7ClF3NO2S. The Kier molecular flexibility index (Phi) is 4.01. The zero-order valence-corrected chi connectivity index (χ0v) is 11.4. The van der Waals surface area contributed by atoms with Gasteiger partial charge < -0.3 is 4.57 Å². The quantitative estimate of drug-likeness (QED) is 0.812. The molecule has 20 heavy (non-hydrogen) atoms. The molecule has 3 nitrogen and oxygen atoms in total. The van der Waals surface area contributed by atoms with Gasteiger partial charge in [-0.1, -0.05) is 11.6 Å². The van der Waals surface area contributed by atoms with Crippen molar-refractivity contribution < 1.29 is 18.0 Å². The Labute approximate surface area is 120 Å². The zero-order valence-electron chi connectivity index (χ0n) is 9.78. The number of hydrogen-bond acceptors (Lipinski definition) is 3. The minimum absolute atomic E-state index is 0.291. The largest absolute Gasteiger partial charge is 0.417 e. The predicted molar refractivity (Wildman–Crippen MR) is 69.4 cm³/mol. The van der Waals surface area contributed by atoms with Crippen molar-refractivity contribution in [1.82, 2.24) is 4.57 Å². The molecule has 0 spiro atoms. The number of aromatic nitrogens is 1. The van der Waals surface area contributed by atoms with Crippen LogP contribution < -0.4 is 5.56 Å². The van der Waals surface area contributed by atoms with E-state index in [9.17, 15) is 22.8 Å². The van der Waals surface area contributed by atoms with Gasteiger partial charge in [0.15, 0.2) is 5.78 Å². The Morgan fingerprint density at radius 3 is 2.50 bits per heavy atom. The van der Waals surface area contributed by atoms with Crippen LogP contribution in [0.25, 0.3) is 0 Å². The van der Waals surface area contributed by atoms with Crippen molar-refractivity contribution in [1.29, 1.82) is 0 Å². The maximum atomic E-state index is 12.5. The molecule has 0 saturated heterocycles. The fourth-order valence-corrected chi connectivity index (χ4v) is 2.49. The van der Waals surface area contributed by atoms with Crippen LogP contribution in [0.3, 0.4) is 0 Å². The van der Waals surface area contributed by atoms with Crippen molar-refractivity contribution in [2.24, 2.45) is 0 Å². The van der Waals surface area contributed by atoms with Crippen LogP contribution in [0.2, 0.25) is 4.34 Å². The lowest BCUT2D eigenvalue weighted by molar-refractivity contribution is -0.138. The summed E-state index contributed by atoms with van der Waals surface area (Å²) in [6.45, 7) is -0.459. The highest BCUT2D eigenvalue weighted by Gasteiger charge is 2.31. The number of ketones is 1. The van der Waals surface area contributed by atoms with E-state index in [1.54, 1.807) is 0 Å². The van der Waals surface area contributed by atoms with Gasteiger partial charge in [0.05, 0.1) is 21.3 Å². The van der Waals surface area contributed by atoms with Gasteiger partial charge in [-0.3, -0.25) is 9.59 Å². The molecule has 2 aromatic heterocycles. The topological polar surface area (TPSA) is 39.1 Å². The number of nitrogens with zero attached hydrogens (tertiary/aromatic N) is 1. The van der Waals surface area contributed by atoms with Gasteiger partial charge in [-0.25, -0.2) is 0 Å². The Bertz CT molecular complexity index is 705. The standard InChI is InChI=1S/C12H7ClF3NO2S/c13-10-3-2-9(20-10)8(18)6-17-5-7(12(14,15)16)1-4-11(17)19/h1-5H,6H2. The number of alkyl halides is 3. The van der Waals surface area contributed by atoms with Gasteiger partial charge in [0.25, 0.3) is 5.56 Å². The van der Waals surface area contributed by atoms with E-state index >= 15 is 0 Å². The summed E-state index contributed by atoms with van der Waals surface area (Å²) < 4.78 is 38.8. The monoisotopic (exact) mass is 321 g/mol. The molecule has 2 rings (SSSR count). The Balaban J connectivity index is 2.29. The van der Waals surface area contributed by atoms with E-state index in [0.717, 1.165) is 22.0 Å². The van der Waals surface area contributed by atoms with Crippen LogP contribution >= 0.6 is 22.9 Å². The first-order valence-electron chi connectivity index (χ1n) is 5.33. The minimum Gasteiger partial charge on any atom is -0.307 e. The van der Waals surface area contributed by atoms with Crippen LogP contribution in [0.4, 0.5) is 13.2 Å². The molecule has 0 aliphatic carbocycles. The molecule has 106 valence electrons. The molecule has 0 fully saturated rings. The minimum atomic E-state index is -4.56. The molecule has 0 N–H and O–H groups in total. The lowest BCUT2D eigenvalue weighted by Gasteiger charge is -2.09. The van der Waals surface area contributed by atoms with Crippen LogP contribution in [0, 0.1) is 0 Å². The summed E-state index contributed by atoms with van der Waals surface area (Å²) in [5, 5.41) is 0. The van der Waals surface area contributed by atoms with Crippen LogP contribution in [0.15, 0.2) is 35.3 Å². The fraction of sp³-hybridized carbons (Fsp3) is 0.167. The molecule has 2 heterocycles. The maximum Gasteiger partial charge on any atom is 0.417 e. The fourth-order valence-electron chi connectivity index (χ4n) is 1.52. The average Bonchev–Trinajstić information content (AvgIpc) is 2.77. The Morgan fingerprint density at radius 2 is 1.95 bits per heavy atom. The van der Waals surface area contributed by atoms with Crippen LogP contribution in [-0.4, -0.2) is 10.4 Å². The van der Waals surface area contributed by atoms with Gasteiger partial charge in [0.1, 0.15) is 0 Å². The van der Waals surface area contributed by atoms with E-state index in [0.29, 0.717) is 21.5 Å². The average molecular weight is 322 g/mol. The number of halogens is 4. The highest BCUT2D eigenvalue weighted by atomic mass is 35.5. The molecule has 8 heteroatoms. The summed E-state index contributed by atoms with van der Waals surface area (Å²) in [6, 6.07) is 4.45. The van der Waals surface area contributed by atoms with Gasteiger partial charge in [-0.2, -0.15) is 13.2 Å². The SMILES string of the molecule is O=C(Cn1cc(C(F)(F)F)ccc1=O)c1ccc(Cl)s1. The Hall–Kier alpha value is -1.60. The molecule has 0 amide bonds. The van der Waals surface area contributed by atoms with Crippen molar-refractivity contribution in [3.8, 4) is 0 Å². The molecule has 2 aromatic rings. The summed E-state index contributed by atoms with van der Waals surface area (Å²) in [7, 11) is 0. The van der Waals surface area contributed by atoms with E-state index in [2.05, 4.69) is 0 Å². The molecule has 0 bridgehead atoms. The van der Waals surface area contributed by atoms with Gasteiger partial charge in [-0.05, 0) is 18.2 Å². The summed E-state index contributed by atoms with van der Waals surface area (Å²) in [5.74, 6) is -0.469. The second-order valence-corrected chi connectivity index (χ2v) is 5.62. The normalized spacial score (nSPS) is 11.6. The first-order valence-corrected chi connectivity index (χ1v) is 6.53. The van der Waals surface area contributed by atoms with Crippen molar-refractivity contribution in [3.63, 3.8) is 0 Å². The maximum absolute atomic E-state index is 12.5. The third kappa shape index (κ3) is 3.29. The van der Waals surface area contributed by atoms with Crippen molar-refractivity contribution >= 4 is 28.7 Å². The zero-order chi connectivity index (χ0) is 14.9. The number of thiophene rings is 1. The van der Waals surface area contributed by atoms with Crippen LogP contribution in [-0.2, 0) is 12.7 Å². The van der Waals surface area contributed by atoms with E-state index in [1.165, 1.54) is 12.1 Å². The lowest BCUT2D eigenvalue weighted by atomic mass is 10.2. The summed E-state index contributed by atoms with van der Waals surface area (Å²) in [4.78, 5) is 23.6. The third-order valence-electron chi connectivity index (χ3n) is 2.47. The predicted octanol–water partition coefficient (Wildman–Crippen LogP) is 3.46. The number of Topliss-reactive ketones (excluding diaryl/α,β-unsaturated/α-hetero) is 1. The highest BCUT2D eigenvalue weighted by Crippen LogP contribution is 2.28. The smallest absolute Gasteiger partial charge is 0.307 e. The van der Waals surface area contributed by atoms with Crippen molar-refractivity contribution in [2.45, 2.75) is 12.7 Å². The highest BCUT2D eigenvalue weighted by molar-refractivity contribution is 7.18. The van der Waals surface area contributed by atoms with Crippen LogP contribution in [0.5, 0.6) is 0 Å². The second kappa shape index (κ2) is 5.41. The molecule has 0 aromatic carbocycles. The first-order chi connectivity index (χ1) is 9.27. The number of carbonyl (C=O) groups is 1. The van der Waals surface area contributed by atoms with Gasteiger partial charge in [0, 0.05) is 12.3 Å². The van der Waals surface area contributed by atoms with Gasteiger partial charge in [0.2, 0.25) is 0 Å². The van der Waals surface area contributed by atoms with E-state index < -0.39 is 29.6 Å². The van der Waals surface area contributed by atoms with E-state index in [1.807, 2.05) is 0 Å². The number of hydrogen-bond donors (Lipinski definition) is 0. The molecule has 0 unspecified atom stereocenters. The van der Waals surface area contributed by atoms with Crippen molar-refractivity contribution in [2.75, 3.05) is 0 Å². The number of rotatable bonds is 3. The summed E-state index contributed by atoms with van der Waals surface area (Å²) >= 11 is 6.68. The van der Waals surface area contributed by atoms with Crippen molar-refractivity contribution in [3.05, 3.63) is 55.6 Å². The Morgan fingerprint density at radius 1 is 1.25 bits per heavy atom. The summed E-state index contributed by atoms with van der Waals surface area (Å²) in [6.07, 6.45) is -3.93. The van der Waals surface area contributed by atoms with Gasteiger partial charge in [-0.15, -0.1) is 11.3 Å². The molecule has 0 aliphatic heterocycles. The lowest BCUT2D eigenvalue weighted by Crippen LogP contribution is -2.24. The molecule has 0 saturated carbocycles. The molecule has 0 aliphatic rings. The third-order valence-corrected chi connectivity index (χ3v) is 3.74. The molecule has 0 radical (unpaired) electrons. The molecule has 0 atom stereocenters. The van der Waals surface area contributed by atoms with Crippen LogP contribution in [0.1, 0.15) is 15.2 Å².